The van der Waals surface area contributed by atoms with Gasteiger partial charge in [-0.1, -0.05) is 66.2 Å². The second kappa shape index (κ2) is 13.7. The SMILES string of the molecule is CNC(=O)C(Cc1ccccc1)N(Cc1ccc(C)cc1)C(=O)CCCN(c1cccc(C(F)(F)F)c1)S(C)(=O)=O. The number of nitrogens with zero attached hydrogens (tertiary/aromatic N) is 2. The average molecular weight is 590 g/mol. The maximum absolute atomic E-state index is 13.6. The topological polar surface area (TPSA) is 86.8 Å². The molecule has 0 spiro atoms. The zero-order valence-electron chi connectivity index (χ0n) is 23.2. The highest BCUT2D eigenvalue weighted by atomic mass is 32.2. The summed E-state index contributed by atoms with van der Waals surface area (Å²) in [6, 6.07) is 20.0. The van der Waals surface area contributed by atoms with Gasteiger partial charge in [0.15, 0.2) is 0 Å². The number of carbonyl (C=O) groups excluding carboxylic acids is 2. The molecule has 0 fully saturated rings. The smallest absolute Gasteiger partial charge is 0.357 e. The lowest BCUT2D eigenvalue weighted by Gasteiger charge is -2.31. The van der Waals surface area contributed by atoms with E-state index in [1.54, 1.807) is 0 Å². The number of hydrogen-bond acceptors (Lipinski definition) is 4. The summed E-state index contributed by atoms with van der Waals surface area (Å²) in [6.45, 7) is 1.87. The molecule has 0 aliphatic heterocycles. The minimum atomic E-state index is -4.64. The first kappa shape index (κ1) is 31.7. The molecule has 220 valence electrons. The Bertz CT molecular complexity index is 1430. The number of aryl methyl sites for hydroxylation is 1. The summed E-state index contributed by atoms with van der Waals surface area (Å²) < 4.78 is 65.6. The van der Waals surface area contributed by atoms with Crippen LogP contribution >= 0.6 is 0 Å². The Morgan fingerprint density at radius 1 is 0.927 bits per heavy atom. The number of hydrogen-bond donors (Lipinski definition) is 1. The van der Waals surface area contributed by atoms with Gasteiger partial charge in [0, 0.05) is 33.0 Å². The van der Waals surface area contributed by atoms with Gasteiger partial charge in [0.1, 0.15) is 6.04 Å². The highest BCUT2D eigenvalue weighted by Gasteiger charge is 2.32. The fraction of sp³-hybridized carbons (Fsp3) is 0.333. The molecule has 0 saturated carbocycles. The number of anilines is 1. The van der Waals surface area contributed by atoms with Crippen molar-refractivity contribution in [2.45, 2.75) is 44.9 Å². The molecule has 11 heteroatoms. The molecule has 1 N–H and O–H groups in total. The van der Waals surface area contributed by atoms with Crippen LogP contribution in [0.25, 0.3) is 0 Å². The molecule has 3 aromatic rings. The molecule has 0 aliphatic carbocycles. The molecule has 0 saturated heterocycles. The zero-order valence-corrected chi connectivity index (χ0v) is 24.0. The Hall–Kier alpha value is -3.86. The predicted octanol–water partition coefficient (Wildman–Crippen LogP) is 4.95. The van der Waals surface area contributed by atoms with E-state index in [9.17, 15) is 31.2 Å². The Morgan fingerprint density at radius 3 is 2.17 bits per heavy atom. The zero-order chi connectivity index (χ0) is 30.2. The van der Waals surface area contributed by atoms with E-state index in [-0.39, 0.29) is 49.9 Å². The second-order valence-electron chi connectivity index (χ2n) is 9.81. The molecule has 0 radical (unpaired) electrons. The quantitative estimate of drug-likeness (QED) is 0.324. The van der Waals surface area contributed by atoms with Crippen LogP contribution in [-0.4, -0.2) is 51.0 Å². The van der Waals surface area contributed by atoms with Crippen LogP contribution < -0.4 is 9.62 Å². The van der Waals surface area contributed by atoms with Gasteiger partial charge < -0.3 is 10.2 Å². The van der Waals surface area contributed by atoms with Gasteiger partial charge in [-0.15, -0.1) is 0 Å². The van der Waals surface area contributed by atoms with Crippen LogP contribution in [0.1, 0.15) is 35.1 Å². The molecule has 1 atom stereocenters. The number of carbonyl (C=O) groups is 2. The molecule has 7 nitrogen and oxygen atoms in total. The van der Waals surface area contributed by atoms with Crippen LogP contribution in [0.2, 0.25) is 0 Å². The van der Waals surface area contributed by atoms with E-state index >= 15 is 0 Å². The van der Waals surface area contributed by atoms with Crippen molar-refractivity contribution in [2.24, 2.45) is 0 Å². The average Bonchev–Trinajstić information content (AvgIpc) is 2.93. The van der Waals surface area contributed by atoms with Gasteiger partial charge in [-0.3, -0.25) is 13.9 Å². The third-order valence-electron chi connectivity index (χ3n) is 6.60. The van der Waals surface area contributed by atoms with E-state index in [0.717, 1.165) is 45.5 Å². The maximum Gasteiger partial charge on any atom is 0.416 e. The van der Waals surface area contributed by atoms with Crippen molar-refractivity contribution >= 4 is 27.5 Å². The van der Waals surface area contributed by atoms with E-state index in [0.29, 0.717) is 0 Å². The van der Waals surface area contributed by atoms with Crippen LogP contribution in [-0.2, 0) is 38.8 Å². The minimum absolute atomic E-state index is 0.0261. The Morgan fingerprint density at radius 2 is 1.59 bits per heavy atom. The van der Waals surface area contributed by atoms with E-state index in [1.807, 2.05) is 61.5 Å². The lowest BCUT2D eigenvalue weighted by Crippen LogP contribution is -2.49. The standard InChI is InChI=1S/C30H34F3N3O4S/c1-22-14-16-24(17-15-22)21-35(27(29(38)34-2)19-23-9-5-4-6-10-23)28(37)13-8-18-36(41(3,39)40)26-12-7-11-25(20-26)30(31,32)33/h4-7,9-12,14-17,20,27H,8,13,18-19,21H2,1-3H3,(H,34,38). The van der Waals surface area contributed by atoms with Gasteiger partial charge in [0.25, 0.3) is 0 Å². The van der Waals surface area contributed by atoms with Crippen molar-refractivity contribution in [3.8, 4) is 0 Å². The summed E-state index contributed by atoms with van der Waals surface area (Å²) in [6.07, 6.45) is -3.57. The number of halogens is 3. The third kappa shape index (κ3) is 9.07. The second-order valence-corrected chi connectivity index (χ2v) is 11.7. The molecule has 0 heterocycles. The highest BCUT2D eigenvalue weighted by molar-refractivity contribution is 7.92. The van der Waals surface area contributed by atoms with Gasteiger partial charge in [-0.05, 0) is 42.7 Å². The summed E-state index contributed by atoms with van der Waals surface area (Å²) in [5, 5.41) is 2.64. The van der Waals surface area contributed by atoms with Crippen molar-refractivity contribution in [1.29, 1.82) is 0 Å². The number of sulfonamides is 1. The van der Waals surface area contributed by atoms with Gasteiger partial charge in [0.05, 0.1) is 17.5 Å². The first-order valence-electron chi connectivity index (χ1n) is 13.0. The van der Waals surface area contributed by atoms with Crippen LogP contribution in [0.4, 0.5) is 18.9 Å². The first-order chi connectivity index (χ1) is 19.3. The van der Waals surface area contributed by atoms with Crippen LogP contribution in [0.5, 0.6) is 0 Å². The van der Waals surface area contributed by atoms with Crippen molar-refractivity contribution < 1.29 is 31.2 Å². The van der Waals surface area contributed by atoms with E-state index < -0.39 is 27.8 Å². The van der Waals surface area contributed by atoms with Crippen molar-refractivity contribution in [1.82, 2.24) is 10.2 Å². The van der Waals surface area contributed by atoms with Gasteiger partial charge >= 0.3 is 6.18 Å². The summed E-state index contributed by atoms with van der Waals surface area (Å²) in [7, 11) is -2.45. The summed E-state index contributed by atoms with van der Waals surface area (Å²) in [5.74, 6) is -0.733. The number of rotatable bonds is 12. The lowest BCUT2D eigenvalue weighted by molar-refractivity contribution is -0.141. The van der Waals surface area contributed by atoms with Gasteiger partial charge in [-0.2, -0.15) is 13.2 Å². The molecule has 0 aromatic heterocycles. The molecule has 1 unspecified atom stereocenters. The van der Waals surface area contributed by atoms with Crippen molar-refractivity contribution in [3.05, 3.63) is 101 Å². The molecule has 3 rings (SSSR count). The summed E-state index contributed by atoms with van der Waals surface area (Å²) in [5.41, 5.74) is 1.59. The fourth-order valence-electron chi connectivity index (χ4n) is 4.45. The summed E-state index contributed by atoms with van der Waals surface area (Å²) in [4.78, 5) is 28.2. The molecule has 2 amide bonds. The Balaban J connectivity index is 1.85. The normalized spacial score (nSPS) is 12.4. The Kier molecular flexibility index (Phi) is 10.6. The van der Waals surface area contributed by atoms with E-state index in [2.05, 4.69) is 5.32 Å². The minimum Gasteiger partial charge on any atom is -0.357 e. The number of likely N-dealkylation sites (N-methyl/N-ethyl adjacent to an activating group) is 1. The molecular weight excluding hydrogens is 555 g/mol. The largest absolute Gasteiger partial charge is 0.416 e. The fourth-order valence-corrected chi connectivity index (χ4v) is 5.41. The predicted molar refractivity (Wildman–Crippen MR) is 153 cm³/mol. The van der Waals surface area contributed by atoms with E-state index in [1.165, 1.54) is 18.0 Å². The molecule has 0 aliphatic rings. The monoisotopic (exact) mass is 589 g/mol. The Labute approximate surface area is 239 Å². The molecule has 3 aromatic carbocycles. The first-order valence-corrected chi connectivity index (χ1v) is 14.9. The summed E-state index contributed by atoms with van der Waals surface area (Å²) >= 11 is 0. The van der Waals surface area contributed by atoms with Gasteiger partial charge in [0.2, 0.25) is 21.8 Å². The molecule has 0 bridgehead atoms. The van der Waals surface area contributed by atoms with E-state index in [4.69, 9.17) is 0 Å². The molecule has 41 heavy (non-hydrogen) atoms. The highest BCUT2D eigenvalue weighted by Crippen LogP contribution is 2.32. The van der Waals surface area contributed by atoms with Gasteiger partial charge in [-0.25, -0.2) is 8.42 Å². The number of benzene rings is 3. The van der Waals surface area contributed by atoms with Crippen LogP contribution in [0, 0.1) is 6.92 Å². The van der Waals surface area contributed by atoms with Crippen LogP contribution in [0.3, 0.4) is 0 Å². The number of nitrogens with one attached hydrogen (secondary N) is 1. The van der Waals surface area contributed by atoms with Crippen molar-refractivity contribution in [3.63, 3.8) is 0 Å². The van der Waals surface area contributed by atoms with Crippen molar-refractivity contribution in [2.75, 3.05) is 24.2 Å². The lowest BCUT2D eigenvalue weighted by atomic mass is 10.0. The maximum atomic E-state index is 13.6. The number of amides is 2. The van der Waals surface area contributed by atoms with Crippen LogP contribution in [0.15, 0.2) is 78.9 Å². The third-order valence-corrected chi connectivity index (χ3v) is 7.80. The number of alkyl halides is 3. The molecular formula is C30H34F3N3O4S.